The molecule has 21 heavy (non-hydrogen) atoms. The summed E-state index contributed by atoms with van der Waals surface area (Å²) in [4.78, 5) is 8.52. The highest BCUT2D eigenvalue weighted by molar-refractivity contribution is 5.63. The Hall–Kier alpha value is -3.16. The summed E-state index contributed by atoms with van der Waals surface area (Å²) in [6.45, 7) is 1.94. The van der Waals surface area contributed by atoms with Crippen LogP contribution in [0.1, 0.15) is 23.9 Å². The van der Waals surface area contributed by atoms with Crippen molar-refractivity contribution in [1.29, 1.82) is 10.5 Å². The molecule has 4 N–H and O–H groups in total. The average Bonchev–Trinajstić information content (AvgIpc) is 2.54. The highest BCUT2D eigenvalue weighted by Gasteiger charge is 2.06. The van der Waals surface area contributed by atoms with E-state index in [0.29, 0.717) is 40.7 Å². The molecule has 0 fully saturated rings. The number of rotatable bonds is 4. The van der Waals surface area contributed by atoms with Crippen LogP contribution >= 0.6 is 0 Å². The monoisotopic (exact) mass is 279 g/mol. The quantitative estimate of drug-likeness (QED) is 0.576. The number of nitrogens with two attached hydrogens (primary N) is 1. The van der Waals surface area contributed by atoms with E-state index in [-0.39, 0.29) is 0 Å². The fourth-order valence-corrected chi connectivity index (χ4v) is 1.75. The zero-order chi connectivity index (χ0) is 15.2. The van der Waals surface area contributed by atoms with E-state index in [1.807, 2.05) is 19.1 Å². The molecule has 0 amide bonds. The second-order valence-electron chi connectivity index (χ2n) is 4.16. The number of hydrazine groups is 1. The van der Waals surface area contributed by atoms with Crippen LogP contribution in [0.15, 0.2) is 24.3 Å². The molecule has 0 saturated heterocycles. The van der Waals surface area contributed by atoms with Gasteiger partial charge in [0.15, 0.2) is 0 Å². The van der Waals surface area contributed by atoms with E-state index >= 15 is 0 Å². The number of hydrogen-bond donors (Lipinski definition) is 3. The zero-order valence-electron chi connectivity index (χ0n) is 11.4. The Labute approximate surface area is 122 Å². The molecule has 0 unspecified atom stereocenters. The SMILES string of the molecule is CCc1nc(NN)cc(Nc2ccc(C#N)c(C#N)c2)n1. The molecule has 7 heteroatoms. The van der Waals surface area contributed by atoms with Crippen molar-refractivity contribution in [3.63, 3.8) is 0 Å². The van der Waals surface area contributed by atoms with Crippen molar-refractivity contribution in [1.82, 2.24) is 9.97 Å². The Morgan fingerprint density at radius 2 is 1.81 bits per heavy atom. The molecule has 7 nitrogen and oxygen atoms in total. The fourth-order valence-electron chi connectivity index (χ4n) is 1.75. The average molecular weight is 279 g/mol. The molecule has 0 spiro atoms. The van der Waals surface area contributed by atoms with Gasteiger partial charge in [-0.3, -0.25) is 0 Å². The van der Waals surface area contributed by atoms with Gasteiger partial charge in [0.2, 0.25) is 0 Å². The van der Waals surface area contributed by atoms with Crippen molar-refractivity contribution in [3.05, 3.63) is 41.2 Å². The van der Waals surface area contributed by atoms with E-state index in [9.17, 15) is 0 Å². The second kappa shape index (κ2) is 6.33. The number of anilines is 3. The van der Waals surface area contributed by atoms with Gasteiger partial charge < -0.3 is 10.7 Å². The van der Waals surface area contributed by atoms with Gasteiger partial charge in [-0.15, -0.1) is 0 Å². The maximum atomic E-state index is 9.02. The second-order valence-corrected chi connectivity index (χ2v) is 4.16. The van der Waals surface area contributed by atoms with Crippen LogP contribution in [0.4, 0.5) is 17.3 Å². The topological polar surface area (TPSA) is 123 Å². The van der Waals surface area contributed by atoms with Crippen LogP contribution < -0.4 is 16.6 Å². The summed E-state index contributed by atoms with van der Waals surface area (Å²) in [5, 5.41) is 21.0. The first-order valence-corrected chi connectivity index (χ1v) is 6.26. The van der Waals surface area contributed by atoms with E-state index in [2.05, 4.69) is 20.7 Å². The van der Waals surface area contributed by atoms with Gasteiger partial charge in [-0.1, -0.05) is 6.92 Å². The molecule has 0 aliphatic carbocycles. The van der Waals surface area contributed by atoms with Crippen LogP contribution in [-0.4, -0.2) is 9.97 Å². The largest absolute Gasteiger partial charge is 0.340 e. The van der Waals surface area contributed by atoms with Crippen molar-refractivity contribution in [2.24, 2.45) is 5.84 Å². The summed E-state index contributed by atoms with van der Waals surface area (Å²) >= 11 is 0. The number of nitrogens with zero attached hydrogens (tertiary/aromatic N) is 4. The summed E-state index contributed by atoms with van der Waals surface area (Å²) in [6.07, 6.45) is 0.668. The summed E-state index contributed by atoms with van der Waals surface area (Å²) in [5.41, 5.74) is 3.79. The highest BCUT2D eigenvalue weighted by atomic mass is 15.3. The molecule has 104 valence electrons. The molecule has 0 radical (unpaired) electrons. The minimum absolute atomic E-state index is 0.310. The number of nitrogen functional groups attached to an aromatic ring is 1. The highest BCUT2D eigenvalue weighted by Crippen LogP contribution is 2.20. The molecule has 0 aliphatic heterocycles. The van der Waals surface area contributed by atoms with Crippen LogP contribution in [0, 0.1) is 22.7 Å². The van der Waals surface area contributed by atoms with Gasteiger partial charge >= 0.3 is 0 Å². The molecule has 0 aliphatic rings. The molecule has 0 bridgehead atoms. The molecule has 0 atom stereocenters. The lowest BCUT2D eigenvalue weighted by Crippen LogP contribution is -2.11. The number of nitriles is 2. The van der Waals surface area contributed by atoms with E-state index in [4.69, 9.17) is 16.4 Å². The first kappa shape index (κ1) is 14.3. The van der Waals surface area contributed by atoms with Crippen molar-refractivity contribution < 1.29 is 0 Å². The standard InChI is InChI=1S/C14H13N7/c1-2-12-19-13(6-14(20-12)21-17)18-11-4-3-9(7-15)10(5-11)8-16/h3-6H,2,17H2,1H3,(H2,18,19,20,21). The molecular weight excluding hydrogens is 266 g/mol. The van der Waals surface area contributed by atoms with Gasteiger partial charge in [0.25, 0.3) is 0 Å². The molecule has 1 aromatic carbocycles. The van der Waals surface area contributed by atoms with E-state index in [1.165, 1.54) is 0 Å². The summed E-state index contributed by atoms with van der Waals surface area (Å²) in [5.74, 6) is 7.07. The lowest BCUT2D eigenvalue weighted by molar-refractivity contribution is 0.941. The van der Waals surface area contributed by atoms with E-state index in [0.717, 1.165) is 0 Å². The third-order valence-electron chi connectivity index (χ3n) is 2.77. The maximum Gasteiger partial charge on any atom is 0.145 e. The molecule has 1 heterocycles. The Bertz CT molecular complexity index is 718. The van der Waals surface area contributed by atoms with Gasteiger partial charge in [-0.25, -0.2) is 15.8 Å². The van der Waals surface area contributed by atoms with Crippen LogP contribution in [-0.2, 0) is 6.42 Å². The van der Waals surface area contributed by atoms with Crippen LogP contribution in [0.3, 0.4) is 0 Å². The lowest BCUT2D eigenvalue weighted by Gasteiger charge is -2.09. The predicted molar refractivity (Wildman–Crippen MR) is 78.4 cm³/mol. The van der Waals surface area contributed by atoms with Crippen LogP contribution in [0.25, 0.3) is 0 Å². The number of benzene rings is 1. The number of aromatic nitrogens is 2. The van der Waals surface area contributed by atoms with Crippen LogP contribution in [0.2, 0.25) is 0 Å². The predicted octanol–water partition coefficient (Wildman–Crippen LogP) is 1.81. The smallest absolute Gasteiger partial charge is 0.145 e. The van der Waals surface area contributed by atoms with Gasteiger partial charge in [-0.2, -0.15) is 10.5 Å². The van der Waals surface area contributed by atoms with Crippen LogP contribution in [0.5, 0.6) is 0 Å². The molecule has 2 aromatic rings. The Balaban J connectivity index is 2.34. The van der Waals surface area contributed by atoms with Gasteiger partial charge in [0.1, 0.15) is 29.6 Å². The first-order valence-electron chi connectivity index (χ1n) is 6.26. The Morgan fingerprint density at radius 1 is 1.10 bits per heavy atom. The van der Waals surface area contributed by atoms with Gasteiger partial charge in [0.05, 0.1) is 11.1 Å². The van der Waals surface area contributed by atoms with Crippen molar-refractivity contribution >= 4 is 17.3 Å². The number of nitrogens with one attached hydrogen (secondary N) is 2. The first-order chi connectivity index (χ1) is 10.2. The van der Waals surface area contributed by atoms with Crippen molar-refractivity contribution in [2.45, 2.75) is 13.3 Å². The Morgan fingerprint density at radius 3 is 2.43 bits per heavy atom. The summed E-state index contributed by atoms with van der Waals surface area (Å²) in [6, 6.07) is 10.5. The third kappa shape index (κ3) is 3.24. The lowest BCUT2D eigenvalue weighted by atomic mass is 10.1. The fraction of sp³-hybridized carbons (Fsp3) is 0.143. The number of hydrogen-bond acceptors (Lipinski definition) is 7. The normalized spacial score (nSPS) is 9.52. The number of aryl methyl sites for hydroxylation is 1. The van der Waals surface area contributed by atoms with Gasteiger partial charge in [-0.05, 0) is 18.2 Å². The summed E-state index contributed by atoms with van der Waals surface area (Å²) in [7, 11) is 0. The molecule has 2 rings (SSSR count). The maximum absolute atomic E-state index is 9.02. The molecule has 1 aromatic heterocycles. The van der Waals surface area contributed by atoms with Crippen molar-refractivity contribution in [2.75, 3.05) is 10.7 Å². The molecular formula is C14H13N7. The zero-order valence-corrected chi connectivity index (χ0v) is 11.4. The van der Waals surface area contributed by atoms with Gasteiger partial charge in [0, 0.05) is 18.2 Å². The van der Waals surface area contributed by atoms with Crippen molar-refractivity contribution in [3.8, 4) is 12.1 Å². The minimum Gasteiger partial charge on any atom is -0.340 e. The third-order valence-corrected chi connectivity index (χ3v) is 2.77. The summed E-state index contributed by atoms with van der Waals surface area (Å²) < 4.78 is 0. The van der Waals surface area contributed by atoms with E-state index < -0.39 is 0 Å². The van der Waals surface area contributed by atoms with E-state index in [1.54, 1.807) is 24.3 Å². The molecule has 0 saturated carbocycles. The Kier molecular flexibility index (Phi) is 4.30. The minimum atomic E-state index is 0.310.